The number of benzene rings is 2. The first-order valence-electron chi connectivity index (χ1n) is 6.35. The maximum absolute atomic E-state index is 11.9. The highest BCUT2D eigenvalue weighted by molar-refractivity contribution is 14.1. The fourth-order valence-corrected chi connectivity index (χ4v) is 2.53. The number of rotatable bonds is 4. The molecule has 2 aromatic rings. The zero-order chi connectivity index (χ0) is 14.5. The van der Waals surface area contributed by atoms with Crippen LogP contribution in [0.4, 0.5) is 0 Å². The molecule has 1 amide bonds. The van der Waals surface area contributed by atoms with Gasteiger partial charge in [-0.25, -0.2) is 0 Å². The second kappa shape index (κ2) is 6.70. The van der Waals surface area contributed by atoms with E-state index in [1.54, 1.807) is 11.8 Å². The molecule has 0 saturated carbocycles. The van der Waals surface area contributed by atoms with E-state index in [1.807, 2.05) is 54.6 Å². The number of amides is 1. The molecule has 0 fully saturated rings. The molecule has 0 aliphatic carbocycles. The Kier molecular flexibility index (Phi) is 4.95. The summed E-state index contributed by atoms with van der Waals surface area (Å²) in [5.74, 6) is -0.00212. The van der Waals surface area contributed by atoms with Crippen LogP contribution in [0.2, 0.25) is 0 Å². The Morgan fingerprint density at radius 3 is 2.45 bits per heavy atom. The van der Waals surface area contributed by atoms with Gasteiger partial charge in [-0.1, -0.05) is 49.0 Å². The maximum atomic E-state index is 11.9. The first-order valence-corrected chi connectivity index (χ1v) is 7.42. The van der Waals surface area contributed by atoms with Gasteiger partial charge in [-0.15, -0.1) is 0 Å². The molecule has 0 unspecified atom stereocenters. The molecule has 0 aliphatic heterocycles. The molecule has 3 heteroatoms. The van der Waals surface area contributed by atoms with E-state index in [9.17, 15) is 4.79 Å². The van der Waals surface area contributed by atoms with Crippen molar-refractivity contribution >= 4 is 34.2 Å². The molecule has 0 saturated heterocycles. The molecule has 2 nitrogen and oxygen atoms in total. The summed E-state index contributed by atoms with van der Waals surface area (Å²) in [6, 6.07) is 17.9. The summed E-state index contributed by atoms with van der Waals surface area (Å²) in [4.78, 5) is 13.6. The summed E-state index contributed by atoms with van der Waals surface area (Å²) in [5, 5.41) is 0. The Hall–Kier alpha value is -1.62. The Bertz CT molecular complexity index is 622. The number of carbonyl (C=O) groups excluding carboxylic acids is 1. The van der Waals surface area contributed by atoms with Crippen LogP contribution in [0.15, 0.2) is 61.2 Å². The summed E-state index contributed by atoms with van der Waals surface area (Å²) in [6.07, 6.45) is 0. The van der Waals surface area contributed by atoms with E-state index in [2.05, 4.69) is 29.2 Å². The number of nitrogens with zero attached hydrogens (tertiary/aromatic N) is 1. The summed E-state index contributed by atoms with van der Waals surface area (Å²) in [7, 11) is 0. The Balaban J connectivity index is 2.25. The lowest BCUT2D eigenvalue weighted by Gasteiger charge is -2.24. The second-order valence-electron chi connectivity index (χ2n) is 4.55. The minimum atomic E-state index is -0.00212. The maximum Gasteiger partial charge on any atom is 0.224 e. The van der Waals surface area contributed by atoms with E-state index in [4.69, 9.17) is 0 Å². The van der Waals surface area contributed by atoms with E-state index in [1.165, 1.54) is 0 Å². The summed E-state index contributed by atoms with van der Waals surface area (Å²) >= 11 is 2.26. The lowest BCUT2D eigenvalue weighted by molar-refractivity contribution is -0.126. The highest BCUT2D eigenvalue weighted by atomic mass is 127. The van der Waals surface area contributed by atoms with Gasteiger partial charge in [0, 0.05) is 16.2 Å². The van der Waals surface area contributed by atoms with Crippen LogP contribution in [-0.2, 0) is 11.3 Å². The number of hydrogen-bond acceptors (Lipinski definition) is 1. The molecule has 0 aliphatic rings. The number of carbonyl (C=O) groups is 1. The molecule has 0 radical (unpaired) electrons. The molecule has 2 rings (SSSR count). The van der Waals surface area contributed by atoms with E-state index in [0.717, 1.165) is 20.4 Å². The van der Waals surface area contributed by atoms with Crippen LogP contribution < -0.4 is 0 Å². The molecule has 20 heavy (non-hydrogen) atoms. The third-order valence-electron chi connectivity index (χ3n) is 3.05. The SMILES string of the molecule is C=C(c1cccc(I)c1)N(Cc1ccccc1)C(C)=O. The van der Waals surface area contributed by atoms with Gasteiger partial charge in [-0.3, -0.25) is 4.79 Å². The average molecular weight is 377 g/mol. The Morgan fingerprint density at radius 1 is 1.15 bits per heavy atom. The standard InChI is InChI=1S/C17H16INO/c1-13(16-9-6-10-17(18)11-16)19(14(2)20)12-15-7-4-3-5-8-15/h3-11H,1,12H2,2H3. The fourth-order valence-electron chi connectivity index (χ4n) is 1.99. The number of halogens is 1. The minimum absolute atomic E-state index is 0.00212. The molecule has 0 N–H and O–H groups in total. The van der Waals surface area contributed by atoms with Crippen molar-refractivity contribution in [3.05, 3.63) is 75.9 Å². The highest BCUT2D eigenvalue weighted by Crippen LogP contribution is 2.21. The van der Waals surface area contributed by atoms with Crippen LogP contribution >= 0.6 is 22.6 Å². The summed E-state index contributed by atoms with van der Waals surface area (Å²) < 4.78 is 1.13. The predicted molar refractivity (Wildman–Crippen MR) is 90.9 cm³/mol. The van der Waals surface area contributed by atoms with Gasteiger partial charge in [0.2, 0.25) is 5.91 Å². The lowest BCUT2D eigenvalue weighted by Crippen LogP contribution is -2.26. The zero-order valence-electron chi connectivity index (χ0n) is 11.3. The van der Waals surface area contributed by atoms with Crippen molar-refractivity contribution in [2.75, 3.05) is 0 Å². The highest BCUT2D eigenvalue weighted by Gasteiger charge is 2.14. The molecule has 0 aromatic heterocycles. The van der Waals surface area contributed by atoms with E-state index in [0.29, 0.717) is 6.54 Å². The van der Waals surface area contributed by atoms with Gasteiger partial charge in [0.15, 0.2) is 0 Å². The average Bonchev–Trinajstić information content (AvgIpc) is 2.45. The van der Waals surface area contributed by atoms with Crippen LogP contribution in [0.5, 0.6) is 0 Å². The number of hydrogen-bond donors (Lipinski definition) is 0. The fraction of sp³-hybridized carbons (Fsp3) is 0.118. The van der Waals surface area contributed by atoms with Gasteiger partial charge in [0.05, 0.1) is 6.54 Å². The topological polar surface area (TPSA) is 20.3 Å². The molecule has 2 aromatic carbocycles. The largest absolute Gasteiger partial charge is 0.308 e. The van der Waals surface area contributed by atoms with Crippen molar-refractivity contribution in [2.24, 2.45) is 0 Å². The predicted octanol–water partition coefficient (Wildman–Crippen LogP) is 4.31. The Labute approximate surface area is 133 Å². The summed E-state index contributed by atoms with van der Waals surface area (Å²) in [5.41, 5.74) is 2.80. The first-order chi connectivity index (χ1) is 9.58. The third kappa shape index (κ3) is 3.70. The van der Waals surface area contributed by atoms with E-state index < -0.39 is 0 Å². The van der Waals surface area contributed by atoms with Crippen molar-refractivity contribution in [1.82, 2.24) is 4.90 Å². The molecular formula is C17H16INO. The second-order valence-corrected chi connectivity index (χ2v) is 5.79. The molecule has 0 atom stereocenters. The van der Waals surface area contributed by atoms with Crippen LogP contribution in [0.25, 0.3) is 5.70 Å². The normalized spacial score (nSPS) is 10.1. The van der Waals surface area contributed by atoms with Crippen LogP contribution in [0.3, 0.4) is 0 Å². The Morgan fingerprint density at radius 2 is 1.85 bits per heavy atom. The molecule has 0 heterocycles. The van der Waals surface area contributed by atoms with Gasteiger partial charge in [0.1, 0.15) is 0 Å². The van der Waals surface area contributed by atoms with E-state index in [-0.39, 0.29) is 5.91 Å². The molecule has 0 bridgehead atoms. The van der Waals surface area contributed by atoms with Crippen LogP contribution in [-0.4, -0.2) is 10.8 Å². The van der Waals surface area contributed by atoms with Gasteiger partial charge < -0.3 is 4.90 Å². The monoisotopic (exact) mass is 377 g/mol. The van der Waals surface area contributed by atoms with Gasteiger partial charge in [0.25, 0.3) is 0 Å². The minimum Gasteiger partial charge on any atom is -0.308 e. The zero-order valence-corrected chi connectivity index (χ0v) is 13.5. The van der Waals surface area contributed by atoms with Crippen molar-refractivity contribution in [2.45, 2.75) is 13.5 Å². The lowest BCUT2D eigenvalue weighted by atomic mass is 10.1. The van der Waals surface area contributed by atoms with Crippen molar-refractivity contribution in [3.8, 4) is 0 Å². The van der Waals surface area contributed by atoms with Gasteiger partial charge in [-0.05, 0) is 45.9 Å². The van der Waals surface area contributed by atoms with Crippen molar-refractivity contribution < 1.29 is 4.79 Å². The van der Waals surface area contributed by atoms with Gasteiger partial charge >= 0.3 is 0 Å². The third-order valence-corrected chi connectivity index (χ3v) is 3.72. The first kappa shape index (κ1) is 14.8. The van der Waals surface area contributed by atoms with E-state index >= 15 is 0 Å². The molecule has 0 spiro atoms. The smallest absolute Gasteiger partial charge is 0.224 e. The molecule has 102 valence electrons. The van der Waals surface area contributed by atoms with Crippen molar-refractivity contribution in [1.29, 1.82) is 0 Å². The van der Waals surface area contributed by atoms with Crippen LogP contribution in [0.1, 0.15) is 18.1 Å². The van der Waals surface area contributed by atoms with Gasteiger partial charge in [-0.2, -0.15) is 0 Å². The summed E-state index contributed by atoms with van der Waals surface area (Å²) in [6.45, 7) is 6.20. The quantitative estimate of drug-likeness (QED) is 0.728. The van der Waals surface area contributed by atoms with Crippen molar-refractivity contribution in [3.63, 3.8) is 0 Å². The van der Waals surface area contributed by atoms with Crippen LogP contribution in [0, 0.1) is 3.57 Å². The molecular weight excluding hydrogens is 361 g/mol.